The summed E-state index contributed by atoms with van der Waals surface area (Å²) in [6, 6.07) is 16.7. The Morgan fingerprint density at radius 3 is 2.15 bits per heavy atom. The molecule has 7 heteroatoms. The van der Waals surface area contributed by atoms with Crippen molar-refractivity contribution in [3.63, 3.8) is 0 Å². The fourth-order valence-corrected chi connectivity index (χ4v) is 4.40. The van der Waals surface area contributed by atoms with Crippen molar-refractivity contribution in [2.45, 2.75) is 29.0 Å². The quantitative estimate of drug-likeness (QED) is 0.832. The molecular formula is C19H22N2O4S. The van der Waals surface area contributed by atoms with Gasteiger partial charge in [-0.3, -0.25) is 0 Å². The molecular weight excluding hydrogens is 352 g/mol. The molecule has 0 radical (unpaired) electrons. The summed E-state index contributed by atoms with van der Waals surface area (Å²) < 4.78 is 24.3. The Balaban J connectivity index is 1.68. The summed E-state index contributed by atoms with van der Waals surface area (Å²) in [5, 5.41) is 6.89. The van der Waals surface area contributed by atoms with E-state index in [0.717, 1.165) is 31.6 Å². The van der Waals surface area contributed by atoms with Gasteiger partial charge in [0.1, 0.15) is 0 Å². The molecule has 138 valence electrons. The maximum Gasteiger partial charge on any atom is 0.336 e. The van der Waals surface area contributed by atoms with Gasteiger partial charge >= 0.3 is 5.97 Å². The van der Waals surface area contributed by atoms with Crippen LogP contribution in [0.3, 0.4) is 0 Å². The Bertz CT molecular complexity index is 858. The Labute approximate surface area is 153 Å². The van der Waals surface area contributed by atoms with Crippen LogP contribution in [0.1, 0.15) is 24.3 Å². The first kappa shape index (κ1) is 18.4. The first-order valence-electron chi connectivity index (χ1n) is 8.52. The molecule has 6 nitrogen and oxygen atoms in total. The van der Waals surface area contributed by atoms with Gasteiger partial charge in [-0.05, 0) is 48.6 Å². The number of carbonyl (C=O) groups is 1. The number of rotatable bonds is 5. The zero-order valence-electron chi connectivity index (χ0n) is 14.3. The number of sulfone groups is 1. The zero-order chi connectivity index (χ0) is 18.7. The van der Waals surface area contributed by atoms with E-state index in [1.165, 1.54) is 17.7 Å². The van der Waals surface area contributed by atoms with Gasteiger partial charge in [-0.15, -0.1) is 0 Å². The number of benzene rings is 2. The molecule has 1 atom stereocenters. The highest BCUT2D eigenvalue weighted by molar-refractivity contribution is 7.92. The lowest BCUT2D eigenvalue weighted by atomic mass is 9.89. The second kappa shape index (κ2) is 7.47. The molecule has 0 bridgehead atoms. The third-order valence-corrected chi connectivity index (χ3v) is 6.67. The predicted octanol–water partition coefficient (Wildman–Crippen LogP) is 2.21. The Kier molecular flexibility index (Phi) is 5.29. The fourth-order valence-electron chi connectivity index (χ4n) is 3.32. The fraction of sp³-hybridized carbons (Fsp3) is 0.316. The molecule has 2 aromatic carbocycles. The van der Waals surface area contributed by atoms with Crippen molar-refractivity contribution in [2.75, 3.05) is 18.0 Å². The van der Waals surface area contributed by atoms with Gasteiger partial charge in [-0.1, -0.05) is 30.3 Å². The highest BCUT2D eigenvalue weighted by Gasteiger charge is 2.30. The molecule has 1 heterocycles. The van der Waals surface area contributed by atoms with Crippen LogP contribution in [-0.4, -0.2) is 38.0 Å². The summed E-state index contributed by atoms with van der Waals surface area (Å²) in [6.07, 6.45) is 2.07. The highest BCUT2D eigenvalue weighted by Crippen LogP contribution is 2.30. The summed E-state index contributed by atoms with van der Waals surface area (Å²) in [6.45, 7) is 1.78. The highest BCUT2D eigenvalue weighted by atomic mass is 32.2. The van der Waals surface area contributed by atoms with E-state index in [4.69, 9.17) is 10.8 Å². The van der Waals surface area contributed by atoms with Crippen molar-refractivity contribution >= 4 is 21.5 Å². The largest absolute Gasteiger partial charge is 0.479 e. The Morgan fingerprint density at radius 2 is 1.62 bits per heavy atom. The van der Waals surface area contributed by atoms with Gasteiger partial charge in [-0.25, -0.2) is 13.2 Å². The number of piperidine rings is 1. The minimum absolute atomic E-state index is 0.0738. The van der Waals surface area contributed by atoms with Crippen LogP contribution >= 0.6 is 0 Å². The van der Waals surface area contributed by atoms with Gasteiger partial charge in [0.25, 0.3) is 0 Å². The minimum atomic E-state index is -4.07. The molecule has 0 aromatic heterocycles. The van der Waals surface area contributed by atoms with E-state index in [1.807, 2.05) is 6.07 Å². The maximum atomic E-state index is 12.1. The van der Waals surface area contributed by atoms with Gasteiger partial charge in [0, 0.05) is 18.8 Å². The third kappa shape index (κ3) is 3.73. The molecule has 1 fully saturated rings. The standard InChI is InChI=1S/C19H22N2O4S/c20-18(19(22)23)26(24,25)17-8-6-16(7-9-17)21-12-10-15(11-13-21)14-4-2-1-3-5-14/h1-9,15,18H,10-13,20H2,(H,22,23). The predicted molar refractivity (Wildman–Crippen MR) is 99.9 cm³/mol. The molecule has 1 saturated heterocycles. The van der Waals surface area contributed by atoms with E-state index >= 15 is 0 Å². The average molecular weight is 374 g/mol. The van der Waals surface area contributed by atoms with Crippen LogP contribution in [-0.2, 0) is 14.6 Å². The molecule has 3 N–H and O–H groups in total. The molecule has 0 amide bonds. The van der Waals surface area contributed by atoms with Gasteiger partial charge in [0.15, 0.2) is 0 Å². The molecule has 1 aliphatic rings. The number of carboxylic acid groups (broad SMARTS) is 1. The molecule has 1 aliphatic heterocycles. The topological polar surface area (TPSA) is 101 Å². The second-order valence-corrected chi connectivity index (χ2v) is 8.54. The Morgan fingerprint density at radius 1 is 1.04 bits per heavy atom. The smallest absolute Gasteiger partial charge is 0.336 e. The summed E-state index contributed by atoms with van der Waals surface area (Å²) in [5.41, 5.74) is 7.57. The SMILES string of the molecule is NC(C(=O)O)S(=O)(=O)c1ccc(N2CCC(c3ccccc3)CC2)cc1. The van der Waals surface area contributed by atoms with Crippen LogP contribution in [0.5, 0.6) is 0 Å². The number of hydrogen-bond donors (Lipinski definition) is 2. The number of hydrogen-bond acceptors (Lipinski definition) is 5. The number of anilines is 1. The van der Waals surface area contributed by atoms with Crippen molar-refractivity contribution < 1.29 is 18.3 Å². The molecule has 3 rings (SSSR count). The van der Waals surface area contributed by atoms with Gasteiger partial charge in [0.2, 0.25) is 15.2 Å². The first-order chi connectivity index (χ1) is 12.4. The molecule has 0 aliphatic carbocycles. The monoisotopic (exact) mass is 374 g/mol. The van der Waals surface area contributed by atoms with Crippen LogP contribution in [0.15, 0.2) is 59.5 Å². The van der Waals surface area contributed by atoms with Crippen molar-refractivity contribution in [1.82, 2.24) is 0 Å². The van der Waals surface area contributed by atoms with E-state index in [-0.39, 0.29) is 4.90 Å². The van der Waals surface area contributed by atoms with E-state index in [0.29, 0.717) is 5.92 Å². The van der Waals surface area contributed by atoms with Gasteiger partial charge in [-0.2, -0.15) is 0 Å². The van der Waals surface area contributed by atoms with Crippen LogP contribution in [0.2, 0.25) is 0 Å². The summed E-state index contributed by atoms with van der Waals surface area (Å²) in [4.78, 5) is 13.0. The number of nitrogens with zero attached hydrogens (tertiary/aromatic N) is 1. The van der Waals surface area contributed by atoms with Crippen LogP contribution in [0.4, 0.5) is 5.69 Å². The van der Waals surface area contributed by atoms with Crippen molar-refractivity contribution in [2.24, 2.45) is 5.73 Å². The minimum Gasteiger partial charge on any atom is -0.479 e. The van der Waals surface area contributed by atoms with E-state index < -0.39 is 21.2 Å². The van der Waals surface area contributed by atoms with Crippen LogP contribution < -0.4 is 10.6 Å². The van der Waals surface area contributed by atoms with Crippen LogP contribution in [0, 0.1) is 0 Å². The number of nitrogens with two attached hydrogens (primary N) is 1. The first-order valence-corrected chi connectivity index (χ1v) is 10.1. The van der Waals surface area contributed by atoms with Gasteiger partial charge < -0.3 is 15.7 Å². The molecule has 1 unspecified atom stereocenters. The molecule has 2 aromatic rings. The van der Waals surface area contributed by atoms with Crippen LogP contribution in [0.25, 0.3) is 0 Å². The zero-order valence-corrected chi connectivity index (χ0v) is 15.1. The van der Waals surface area contributed by atoms with E-state index in [9.17, 15) is 13.2 Å². The lowest BCUT2D eigenvalue weighted by molar-refractivity contribution is -0.136. The molecule has 0 spiro atoms. The molecule has 0 saturated carbocycles. The average Bonchev–Trinajstić information content (AvgIpc) is 2.68. The Hall–Kier alpha value is -2.38. The van der Waals surface area contributed by atoms with Crippen molar-refractivity contribution in [3.05, 3.63) is 60.2 Å². The lowest BCUT2D eigenvalue weighted by Crippen LogP contribution is -2.38. The normalized spacial score (nSPS) is 17.0. The summed E-state index contributed by atoms with van der Waals surface area (Å²) in [7, 11) is -4.07. The van der Waals surface area contributed by atoms with Crippen molar-refractivity contribution in [3.8, 4) is 0 Å². The summed E-state index contributed by atoms with van der Waals surface area (Å²) in [5.74, 6) is -1.02. The lowest BCUT2D eigenvalue weighted by Gasteiger charge is -2.34. The number of carboxylic acids is 1. The van der Waals surface area contributed by atoms with Crippen molar-refractivity contribution in [1.29, 1.82) is 0 Å². The summed E-state index contributed by atoms with van der Waals surface area (Å²) >= 11 is 0. The third-order valence-electron chi connectivity index (χ3n) is 4.87. The number of aliphatic carboxylic acids is 1. The van der Waals surface area contributed by atoms with E-state index in [1.54, 1.807) is 12.1 Å². The van der Waals surface area contributed by atoms with Gasteiger partial charge in [0.05, 0.1) is 4.90 Å². The second-order valence-electron chi connectivity index (χ2n) is 6.47. The maximum absolute atomic E-state index is 12.1. The molecule has 26 heavy (non-hydrogen) atoms. The van der Waals surface area contributed by atoms with E-state index in [2.05, 4.69) is 29.2 Å².